The Morgan fingerprint density at radius 1 is 1.22 bits per heavy atom. The van der Waals surface area contributed by atoms with Crippen molar-refractivity contribution in [1.29, 1.82) is 0 Å². The van der Waals surface area contributed by atoms with E-state index in [1.165, 1.54) is 6.07 Å². The Kier molecular flexibility index (Phi) is 3.89. The molecule has 18 heavy (non-hydrogen) atoms. The second-order valence-corrected chi connectivity index (χ2v) is 4.47. The quantitative estimate of drug-likeness (QED) is 0.845. The molecule has 3 N–H and O–H groups in total. The van der Waals surface area contributed by atoms with Crippen molar-refractivity contribution in [2.45, 2.75) is 6.54 Å². The van der Waals surface area contributed by atoms with E-state index in [-0.39, 0.29) is 5.02 Å². The summed E-state index contributed by atoms with van der Waals surface area (Å²) in [4.78, 5) is 4.05. The van der Waals surface area contributed by atoms with Gasteiger partial charge in [0.1, 0.15) is 11.0 Å². The lowest BCUT2D eigenvalue weighted by Gasteiger charge is -2.09. The number of rotatable bonds is 3. The van der Waals surface area contributed by atoms with E-state index in [2.05, 4.69) is 10.3 Å². The number of nitrogen functional groups attached to an aromatic ring is 1. The van der Waals surface area contributed by atoms with Gasteiger partial charge in [-0.05, 0) is 29.8 Å². The van der Waals surface area contributed by atoms with Crippen LogP contribution in [0, 0.1) is 5.82 Å². The summed E-state index contributed by atoms with van der Waals surface area (Å²) in [5.74, 6) is 0.0451. The summed E-state index contributed by atoms with van der Waals surface area (Å²) in [6.07, 6.45) is 0. The first-order chi connectivity index (χ1) is 8.56. The minimum absolute atomic E-state index is 0.0846. The molecular weight excluding hydrogens is 276 g/mol. The van der Waals surface area contributed by atoms with Crippen LogP contribution >= 0.6 is 23.2 Å². The predicted molar refractivity (Wildman–Crippen MR) is 72.4 cm³/mol. The Morgan fingerprint density at radius 3 is 2.72 bits per heavy atom. The van der Waals surface area contributed by atoms with E-state index >= 15 is 0 Å². The monoisotopic (exact) mass is 285 g/mol. The number of halogens is 3. The van der Waals surface area contributed by atoms with Crippen LogP contribution in [0.4, 0.5) is 15.9 Å². The van der Waals surface area contributed by atoms with Crippen molar-refractivity contribution in [2.75, 3.05) is 11.1 Å². The molecule has 0 fully saturated rings. The van der Waals surface area contributed by atoms with Gasteiger partial charge in [0.05, 0.1) is 10.7 Å². The molecular formula is C12H10Cl2FN3. The van der Waals surface area contributed by atoms with Gasteiger partial charge in [0.2, 0.25) is 0 Å². The molecule has 0 aliphatic rings. The summed E-state index contributed by atoms with van der Waals surface area (Å²) in [7, 11) is 0. The SMILES string of the molecule is Nc1ccc(Cl)nc1NCc1ccc(F)c(Cl)c1. The van der Waals surface area contributed by atoms with Crippen molar-refractivity contribution in [3.63, 3.8) is 0 Å². The highest BCUT2D eigenvalue weighted by Gasteiger charge is 2.04. The third-order valence-corrected chi connectivity index (χ3v) is 2.84. The normalized spacial score (nSPS) is 10.4. The number of anilines is 2. The number of pyridine rings is 1. The van der Waals surface area contributed by atoms with E-state index in [1.807, 2.05) is 0 Å². The van der Waals surface area contributed by atoms with Crippen LogP contribution in [-0.4, -0.2) is 4.98 Å². The number of nitrogens with zero attached hydrogens (tertiary/aromatic N) is 1. The maximum Gasteiger partial charge on any atom is 0.151 e. The highest BCUT2D eigenvalue weighted by atomic mass is 35.5. The van der Waals surface area contributed by atoms with E-state index < -0.39 is 5.82 Å². The molecule has 0 aliphatic carbocycles. The van der Waals surface area contributed by atoms with Crippen LogP contribution in [0.25, 0.3) is 0 Å². The molecule has 3 nitrogen and oxygen atoms in total. The van der Waals surface area contributed by atoms with Gasteiger partial charge >= 0.3 is 0 Å². The van der Waals surface area contributed by atoms with Gasteiger partial charge in [-0.1, -0.05) is 29.3 Å². The van der Waals surface area contributed by atoms with Crippen molar-refractivity contribution in [3.05, 3.63) is 51.9 Å². The summed E-state index contributed by atoms with van der Waals surface area (Å²) in [5, 5.41) is 3.45. The molecule has 6 heteroatoms. The third-order valence-electron chi connectivity index (χ3n) is 2.34. The number of aromatic nitrogens is 1. The lowest BCUT2D eigenvalue weighted by molar-refractivity contribution is 0.627. The maximum absolute atomic E-state index is 13.0. The standard InChI is InChI=1S/C12H10Cl2FN3/c13-8-5-7(1-2-9(8)15)6-17-12-10(16)3-4-11(14)18-12/h1-5H,6,16H2,(H,17,18). The van der Waals surface area contributed by atoms with Crippen LogP contribution in [-0.2, 0) is 6.54 Å². The summed E-state index contributed by atoms with van der Waals surface area (Å²) < 4.78 is 13.0. The fourth-order valence-electron chi connectivity index (χ4n) is 1.42. The van der Waals surface area contributed by atoms with E-state index in [0.29, 0.717) is 23.2 Å². The fraction of sp³-hybridized carbons (Fsp3) is 0.0833. The van der Waals surface area contributed by atoms with Gasteiger partial charge in [-0.2, -0.15) is 0 Å². The van der Waals surface area contributed by atoms with Crippen LogP contribution in [0.5, 0.6) is 0 Å². The number of nitrogens with two attached hydrogens (primary N) is 1. The molecule has 2 aromatic rings. The van der Waals surface area contributed by atoms with Crippen molar-refractivity contribution >= 4 is 34.7 Å². The molecule has 1 aromatic heterocycles. The molecule has 0 spiro atoms. The number of nitrogens with one attached hydrogen (secondary N) is 1. The van der Waals surface area contributed by atoms with Gasteiger partial charge < -0.3 is 11.1 Å². The van der Waals surface area contributed by atoms with Gasteiger partial charge in [-0.25, -0.2) is 9.37 Å². The minimum Gasteiger partial charge on any atom is -0.396 e. The molecule has 0 saturated carbocycles. The van der Waals surface area contributed by atoms with Crippen molar-refractivity contribution in [3.8, 4) is 0 Å². The molecule has 2 rings (SSSR count). The third kappa shape index (κ3) is 3.03. The van der Waals surface area contributed by atoms with Crippen molar-refractivity contribution in [1.82, 2.24) is 4.98 Å². The maximum atomic E-state index is 13.0. The number of hydrogen-bond acceptors (Lipinski definition) is 3. The first kappa shape index (κ1) is 12.9. The molecule has 0 amide bonds. The van der Waals surface area contributed by atoms with Gasteiger partial charge in [-0.3, -0.25) is 0 Å². The molecule has 0 bridgehead atoms. The molecule has 0 radical (unpaired) electrons. The van der Waals surface area contributed by atoms with Gasteiger partial charge in [0, 0.05) is 6.54 Å². The van der Waals surface area contributed by atoms with E-state index in [0.717, 1.165) is 5.56 Å². The lowest BCUT2D eigenvalue weighted by Crippen LogP contribution is -2.04. The minimum atomic E-state index is -0.444. The second kappa shape index (κ2) is 5.42. The molecule has 1 aromatic carbocycles. The number of hydrogen-bond donors (Lipinski definition) is 2. The summed E-state index contributed by atoms with van der Waals surface area (Å²) in [5.41, 5.74) is 7.05. The highest BCUT2D eigenvalue weighted by Crippen LogP contribution is 2.20. The average molecular weight is 286 g/mol. The summed E-state index contributed by atoms with van der Waals surface area (Å²) in [6.45, 7) is 0.428. The second-order valence-electron chi connectivity index (χ2n) is 3.67. The average Bonchev–Trinajstić information content (AvgIpc) is 2.34. The Morgan fingerprint density at radius 2 is 2.00 bits per heavy atom. The van der Waals surface area contributed by atoms with Crippen LogP contribution in [0.1, 0.15) is 5.56 Å². The zero-order valence-electron chi connectivity index (χ0n) is 9.25. The first-order valence-corrected chi connectivity index (χ1v) is 5.91. The van der Waals surface area contributed by atoms with E-state index in [4.69, 9.17) is 28.9 Å². The fourth-order valence-corrected chi connectivity index (χ4v) is 1.77. The summed E-state index contributed by atoms with van der Waals surface area (Å²) in [6, 6.07) is 7.76. The van der Waals surface area contributed by atoms with Crippen LogP contribution in [0.2, 0.25) is 10.2 Å². The van der Waals surface area contributed by atoms with E-state index in [1.54, 1.807) is 24.3 Å². The van der Waals surface area contributed by atoms with Crippen LogP contribution in [0.3, 0.4) is 0 Å². The molecule has 0 unspecified atom stereocenters. The first-order valence-electron chi connectivity index (χ1n) is 5.16. The van der Waals surface area contributed by atoms with Gasteiger partial charge in [0.15, 0.2) is 5.82 Å². The van der Waals surface area contributed by atoms with Crippen molar-refractivity contribution < 1.29 is 4.39 Å². The molecule has 94 valence electrons. The van der Waals surface area contributed by atoms with Crippen molar-refractivity contribution in [2.24, 2.45) is 0 Å². The van der Waals surface area contributed by atoms with Gasteiger partial charge in [-0.15, -0.1) is 0 Å². The number of benzene rings is 1. The Labute approximate surface area is 114 Å². The molecule has 0 saturated heterocycles. The highest BCUT2D eigenvalue weighted by molar-refractivity contribution is 6.30. The predicted octanol–water partition coefficient (Wildman–Crippen LogP) is 3.72. The van der Waals surface area contributed by atoms with Crippen LogP contribution in [0.15, 0.2) is 30.3 Å². The largest absolute Gasteiger partial charge is 0.396 e. The lowest BCUT2D eigenvalue weighted by atomic mass is 10.2. The van der Waals surface area contributed by atoms with Gasteiger partial charge in [0.25, 0.3) is 0 Å². The molecule has 1 heterocycles. The Balaban J connectivity index is 2.11. The summed E-state index contributed by atoms with van der Waals surface area (Å²) >= 11 is 11.5. The zero-order chi connectivity index (χ0) is 13.1. The van der Waals surface area contributed by atoms with Crippen LogP contribution < -0.4 is 11.1 Å². The smallest absolute Gasteiger partial charge is 0.151 e. The topological polar surface area (TPSA) is 50.9 Å². The molecule has 0 atom stereocenters. The Hall–Kier alpha value is -1.52. The molecule has 0 aliphatic heterocycles. The zero-order valence-corrected chi connectivity index (χ0v) is 10.8. The Bertz CT molecular complexity index is 575. The van der Waals surface area contributed by atoms with E-state index in [9.17, 15) is 4.39 Å².